The molecule has 2 nitrogen and oxygen atoms in total. The Labute approximate surface area is 55.9 Å². The van der Waals surface area contributed by atoms with Crippen LogP contribution in [0.2, 0.25) is 0 Å². The Kier molecular flexibility index (Phi) is 2.55. The van der Waals surface area contributed by atoms with Crippen LogP contribution in [0.15, 0.2) is 0 Å². The van der Waals surface area contributed by atoms with E-state index >= 15 is 0 Å². The molecule has 0 amide bonds. The Bertz CT molecular complexity index is 109. The van der Waals surface area contributed by atoms with Gasteiger partial charge in [-0.1, -0.05) is 0 Å². The summed E-state index contributed by atoms with van der Waals surface area (Å²) >= 11 is 0. The molecule has 0 unspecified atom stereocenters. The van der Waals surface area contributed by atoms with E-state index in [1.807, 2.05) is 0 Å². The molecular weight excluding hydrogens is 114 g/mol. The number of ether oxygens (including phenoxy) is 1. The smallest absolute Gasteiger partial charge is 0.334 e. The van der Waals surface area contributed by atoms with Crippen LogP contribution in [-0.4, -0.2) is 19.6 Å². The van der Waals surface area contributed by atoms with E-state index in [9.17, 15) is 0 Å². The first-order chi connectivity index (χ1) is 4.43. The zero-order valence-corrected chi connectivity index (χ0v) is 5.94. The van der Waals surface area contributed by atoms with Gasteiger partial charge in [-0.3, -0.25) is 0 Å². The third kappa shape index (κ3) is 2.04. The molecule has 0 fully saturated rings. The van der Waals surface area contributed by atoms with Gasteiger partial charge in [-0.25, -0.2) is 4.99 Å². The first-order valence-corrected chi connectivity index (χ1v) is 3.57. The molecule has 1 N–H and O–H groups in total. The number of hydrogen-bond acceptors (Lipinski definition) is 1. The van der Waals surface area contributed by atoms with Gasteiger partial charge in [0.1, 0.15) is 6.54 Å². The van der Waals surface area contributed by atoms with E-state index in [2.05, 4.69) is 4.99 Å². The molecule has 0 aliphatic carbocycles. The van der Waals surface area contributed by atoms with Crippen LogP contribution in [0.4, 0.5) is 0 Å². The van der Waals surface area contributed by atoms with Crippen LogP contribution in [0, 0.1) is 0 Å². The quantitative estimate of drug-likeness (QED) is 0.475. The zero-order valence-electron chi connectivity index (χ0n) is 5.94. The molecule has 1 rings (SSSR count). The van der Waals surface area contributed by atoms with Gasteiger partial charge in [0.05, 0.1) is 13.5 Å². The summed E-state index contributed by atoms with van der Waals surface area (Å²) in [4.78, 5) is 3.23. The molecule has 0 aromatic carbocycles. The van der Waals surface area contributed by atoms with E-state index in [-0.39, 0.29) is 0 Å². The molecule has 0 aromatic heterocycles. The lowest BCUT2D eigenvalue weighted by Gasteiger charge is -1.92. The predicted octanol–water partition coefficient (Wildman–Crippen LogP) is -0.314. The fourth-order valence-corrected chi connectivity index (χ4v) is 1.08. The standard InChI is InChI=1S/C7H13NO/c1-9-7-5-3-2-4-6-8-7/h2-6H2,1H3/p+1. The Balaban J connectivity index is 2.37. The molecule has 0 radical (unpaired) electrons. The summed E-state index contributed by atoms with van der Waals surface area (Å²) in [7, 11) is 1.73. The Morgan fingerprint density at radius 3 is 3.00 bits per heavy atom. The van der Waals surface area contributed by atoms with Gasteiger partial charge in [-0.2, -0.15) is 0 Å². The van der Waals surface area contributed by atoms with Gasteiger partial charge in [-0.15, -0.1) is 0 Å². The van der Waals surface area contributed by atoms with Gasteiger partial charge in [0.15, 0.2) is 0 Å². The minimum absolute atomic E-state index is 1.06. The van der Waals surface area contributed by atoms with Gasteiger partial charge in [0, 0.05) is 6.42 Å². The van der Waals surface area contributed by atoms with Gasteiger partial charge in [-0.05, 0) is 12.8 Å². The minimum atomic E-state index is 1.06. The molecule has 0 spiro atoms. The molecule has 0 aromatic rings. The second-order valence-corrected chi connectivity index (χ2v) is 2.36. The maximum Gasteiger partial charge on any atom is 0.334 e. The van der Waals surface area contributed by atoms with Crippen molar-refractivity contribution >= 4 is 5.90 Å². The lowest BCUT2D eigenvalue weighted by molar-refractivity contribution is -0.467. The van der Waals surface area contributed by atoms with E-state index in [4.69, 9.17) is 4.74 Å². The van der Waals surface area contributed by atoms with Crippen molar-refractivity contribution in [2.24, 2.45) is 0 Å². The highest BCUT2D eigenvalue weighted by Crippen LogP contribution is 1.99. The number of hydrogen-bond donors (Lipinski definition) is 1. The van der Waals surface area contributed by atoms with Crippen molar-refractivity contribution in [3.63, 3.8) is 0 Å². The Morgan fingerprint density at radius 2 is 2.22 bits per heavy atom. The molecule has 0 bridgehead atoms. The third-order valence-electron chi connectivity index (χ3n) is 1.65. The molecule has 1 heterocycles. The fourth-order valence-electron chi connectivity index (χ4n) is 1.08. The number of methoxy groups -OCH3 is 1. The molecule has 0 saturated heterocycles. The van der Waals surface area contributed by atoms with Crippen molar-refractivity contribution in [2.75, 3.05) is 13.7 Å². The fraction of sp³-hybridized carbons (Fsp3) is 0.857. The molecule has 2 heteroatoms. The molecule has 1 aliphatic rings. The maximum atomic E-state index is 5.08. The van der Waals surface area contributed by atoms with Crippen LogP contribution in [0.1, 0.15) is 25.7 Å². The van der Waals surface area contributed by atoms with Gasteiger partial charge in [0.2, 0.25) is 0 Å². The van der Waals surface area contributed by atoms with Crippen molar-refractivity contribution in [3.05, 3.63) is 0 Å². The number of nitrogens with one attached hydrogen (secondary N) is 1. The van der Waals surface area contributed by atoms with Crippen molar-refractivity contribution in [1.29, 1.82) is 0 Å². The van der Waals surface area contributed by atoms with Gasteiger partial charge < -0.3 is 4.74 Å². The predicted molar refractivity (Wildman–Crippen MR) is 36.3 cm³/mol. The van der Waals surface area contributed by atoms with E-state index < -0.39 is 0 Å². The largest absolute Gasteiger partial charge is 0.451 e. The summed E-state index contributed by atoms with van der Waals surface area (Å²) < 4.78 is 5.08. The van der Waals surface area contributed by atoms with Crippen LogP contribution >= 0.6 is 0 Å². The molecule has 1 aliphatic heterocycles. The topological polar surface area (TPSA) is 23.2 Å². The SMILES string of the molecule is COC1=[NH+]CCCCC1. The first kappa shape index (κ1) is 6.59. The van der Waals surface area contributed by atoms with Crippen molar-refractivity contribution in [2.45, 2.75) is 25.7 Å². The van der Waals surface area contributed by atoms with Crippen molar-refractivity contribution < 1.29 is 9.73 Å². The summed E-state index contributed by atoms with van der Waals surface area (Å²) in [6.45, 7) is 1.09. The van der Waals surface area contributed by atoms with E-state index in [0.29, 0.717) is 0 Å². The third-order valence-corrected chi connectivity index (χ3v) is 1.65. The van der Waals surface area contributed by atoms with E-state index in [1.54, 1.807) is 7.11 Å². The molecule has 52 valence electrons. The van der Waals surface area contributed by atoms with Crippen molar-refractivity contribution in [3.8, 4) is 0 Å². The van der Waals surface area contributed by atoms with Crippen LogP contribution in [0.25, 0.3) is 0 Å². The van der Waals surface area contributed by atoms with E-state index in [0.717, 1.165) is 18.9 Å². The second-order valence-electron chi connectivity index (χ2n) is 2.36. The monoisotopic (exact) mass is 128 g/mol. The van der Waals surface area contributed by atoms with Crippen LogP contribution in [0.5, 0.6) is 0 Å². The maximum absolute atomic E-state index is 5.08. The highest BCUT2D eigenvalue weighted by atomic mass is 16.5. The summed E-state index contributed by atoms with van der Waals surface area (Å²) in [5.41, 5.74) is 0. The lowest BCUT2D eigenvalue weighted by Crippen LogP contribution is -2.73. The normalized spacial score (nSPS) is 20.3. The first-order valence-electron chi connectivity index (χ1n) is 3.57. The molecule has 0 atom stereocenters. The summed E-state index contributed by atoms with van der Waals surface area (Å²) in [5.74, 6) is 1.06. The summed E-state index contributed by atoms with van der Waals surface area (Å²) in [6, 6.07) is 0. The second kappa shape index (κ2) is 3.49. The Morgan fingerprint density at radius 1 is 1.33 bits per heavy atom. The van der Waals surface area contributed by atoms with Crippen LogP contribution in [0.3, 0.4) is 0 Å². The van der Waals surface area contributed by atoms with Gasteiger partial charge >= 0.3 is 5.90 Å². The Hall–Kier alpha value is -0.530. The van der Waals surface area contributed by atoms with E-state index in [1.165, 1.54) is 19.3 Å². The highest BCUT2D eigenvalue weighted by molar-refractivity contribution is 5.69. The zero-order chi connectivity index (χ0) is 6.53. The lowest BCUT2D eigenvalue weighted by atomic mass is 10.2. The molecular formula is C7H14NO+. The highest BCUT2D eigenvalue weighted by Gasteiger charge is 2.08. The van der Waals surface area contributed by atoms with Crippen LogP contribution in [-0.2, 0) is 4.74 Å². The van der Waals surface area contributed by atoms with Crippen LogP contribution < -0.4 is 4.99 Å². The summed E-state index contributed by atoms with van der Waals surface area (Å²) in [6.07, 6.45) is 4.99. The minimum Gasteiger partial charge on any atom is -0.451 e. The average Bonchev–Trinajstić information content (AvgIpc) is 2.13. The van der Waals surface area contributed by atoms with Gasteiger partial charge in [0.25, 0.3) is 0 Å². The van der Waals surface area contributed by atoms with Crippen molar-refractivity contribution in [1.82, 2.24) is 0 Å². The molecule has 9 heavy (non-hydrogen) atoms. The summed E-state index contributed by atoms with van der Waals surface area (Å²) in [5, 5.41) is 0. The average molecular weight is 128 g/mol. The number of rotatable bonds is 0. The molecule has 0 saturated carbocycles.